The second-order valence-electron chi connectivity index (χ2n) is 5.01. The number of aryl methyl sites for hydroxylation is 1. The Kier molecular flexibility index (Phi) is 6.91. The van der Waals surface area contributed by atoms with Gasteiger partial charge in [0.25, 0.3) is 0 Å². The van der Waals surface area contributed by atoms with Gasteiger partial charge in [0, 0.05) is 12.6 Å². The van der Waals surface area contributed by atoms with Crippen molar-refractivity contribution in [3.8, 4) is 5.75 Å². The molecule has 1 aromatic carbocycles. The van der Waals surface area contributed by atoms with Crippen LogP contribution in [0.25, 0.3) is 0 Å². The summed E-state index contributed by atoms with van der Waals surface area (Å²) in [4.78, 5) is 4.63. The number of benzene rings is 1. The van der Waals surface area contributed by atoms with Crippen molar-refractivity contribution >= 4 is 5.96 Å². The van der Waals surface area contributed by atoms with Gasteiger partial charge in [0.2, 0.25) is 0 Å². The molecule has 0 fully saturated rings. The number of ether oxygens (including phenoxy) is 1. The van der Waals surface area contributed by atoms with E-state index in [1.807, 2.05) is 12.1 Å². The lowest BCUT2D eigenvalue weighted by atomic mass is 10.1. The first-order chi connectivity index (χ1) is 9.58. The smallest absolute Gasteiger partial charge is 0.191 e. The minimum Gasteiger partial charge on any atom is -0.497 e. The average molecular weight is 277 g/mol. The molecule has 0 radical (unpaired) electrons. The molecule has 0 aliphatic rings. The molecule has 2 N–H and O–H groups in total. The summed E-state index contributed by atoms with van der Waals surface area (Å²) in [6, 6.07) is 6.61. The lowest BCUT2D eigenvalue weighted by Gasteiger charge is -2.16. The molecule has 112 valence electrons. The number of methoxy groups -OCH3 is 1. The molecule has 0 aliphatic heterocycles. The second kappa shape index (κ2) is 8.46. The van der Waals surface area contributed by atoms with Gasteiger partial charge in [-0.25, -0.2) is 4.99 Å². The van der Waals surface area contributed by atoms with Crippen LogP contribution in [0.5, 0.6) is 5.75 Å². The number of guanidine groups is 1. The lowest BCUT2D eigenvalue weighted by Crippen LogP contribution is -2.41. The van der Waals surface area contributed by atoms with Crippen LogP contribution >= 0.6 is 0 Å². The van der Waals surface area contributed by atoms with E-state index in [9.17, 15) is 0 Å². The molecular weight excluding hydrogens is 250 g/mol. The zero-order valence-electron chi connectivity index (χ0n) is 13.3. The van der Waals surface area contributed by atoms with Crippen molar-refractivity contribution in [3.63, 3.8) is 0 Å². The van der Waals surface area contributed by atoms with Gasteiger partial charge in [0.05, 0.1) is 13.7 Å². The highest BCUT2D eigenvalue weighted by Gasteiger charge is 2.03. The van der Waals surface area contributed by atoms with Crippen LogP contribution in [-0.4, -0.2) is 25.7 Å². The predicted molar refractivity (Wildman–Crippen MR) is 85.4 cm³/mol. The van der Waals surface area contributed by atoms with Crippen LogP contribution in [0.15, 0.2) is 23.2 Å². The van der Waals surface area contributed by atoms with Crippen molar-refractivity contribution in [2.24, 2.45) is 4.99 Å². The van der Waals surface area contributed by atoms with Crippen LogP contribution in [-0.2, 0) is 6.54 Å². The molecule has 0 saturated heterocycles. The Morgan fingerprint density at radius 3 is 2.65 bits per heavy atom. The first-order valence-corrected chi connectivity index (χ1v) is 7.28. The standard InChI is InChI=1S/C16H27N3O/c1-6-13(4)19-16(17-7-2)18-11-14-8-12(3)9-15(10-14)20-5/h8-10,13H,6-7,11H2,1-5H3,(H2,17,18,19). The van der Waals surface area contributed by atoms with Gasteiger partial charge in [-0.2, -0.15) is 0 Å². The summed E-state index contributed by atoms with van der Waals surface area (Å²) in [5, 5.41) is 6.66. The molecule has 0 aliphatic carbocycles. The second-order valence-corrected chi connectivity index (χ2v) is 5.01. The number of aliphatic imine (C=N–C) groups is 1. The molecule has 0 saturated carbocycles. The third-order valence-electron chi connectivity index (χ3n) is 3.11. The van der Waals surface area contributed by atoms with E-state index in [4.69, 9.17) is 4.74 Å². The highest BCUT2D eigenvalue weighted by atomic mass is 16.5. The van der Waals surface area contributed by atoms with Gasteiger partial charge in [0.15, 0.2) is 5.96 Å². The topological polar surface area (TPSA) is 45.7 Å². The highest BCUT2D eigenvalue weighted by molar-refractivity contribution is 5.80. The summed E-state index contributed by atoms with van der Waals surface area (Å²) in [5.41, 5.74) is 2.35. The zero-order valence-corrected chi connectivity index (χ0v) is 13.3. The van der Waals surface area contributed by atoms with E-state index in [-0.39, 0.29) is 0 Å². The summed E-state index contributed by atoms with van der Waals surface area (Å²) in [6.45, 7) is 9.96. The van der Waals surface area contributed by atoms with Crippen LogP contribution in [0.2, 0.25) is 0 Å². The largest absolute Gasteiger partial charge is 0.497 e. The van der Waals surface area contributed by atoms with E-state index in [0.29, 0.717) is 12.6 Å². The molecule has 4 nitrogen and oxygen atoms in total. The maximum absolute atomic E-state index is 5.29. The molecule has 4 heteroatoms. The van der Waals surface area contributed by atoms with Crippen molar-refractivity contribution in [2.75, 3.05) is 13.7 Å². The number of nitrogens with zero attached hydrogens (tertiary/aromatic N) is 1. The summed E-state index contributed by atoms with van der Waals surface area (Å²) in [5.74, 6) is 1.75. The molecule has 0 amide bonds. The van der Waals surface area contributed by atoms with E-state index in [1.165, 1.54) is 5.56 Å². The lowest BCUT2D eigenvalue weighted by molar-refractivity contribution is 0.414. The maximum Gasteiger partial charge on any atom is 0.191 e. The van der Waals surface area contributed by atoms with Gasteiger partial charge in [0.1, 0.15) is 5.75 Å². The fourth-order valence-electron chi connectivity index (χ4n) is 1.86. The van der Waals surface area contributed by atoms with Crippen LogP contribution in [0.4, 0.5) is 0 Å². The fraction of sp³-hybridized carbons (Fsp3) is 0.562. The summed E-state index contributed by atoms with van der Waals surface area (Å²) in [6.07, 6.45) is 1.07. The van der Waals surface area contributed by atoms with Crippen LogP contribution in [0, 0.1) is 6.92 Å². The van der Waals surface area contributed by atoms with E-state index < -0.39 is 0 Å². The van der Waals surface area contributed by atoms with Crippen molar-refractivity contribution in [1.29, 1.82) is 0 Å². The van der Waals surface area contributed by atoms with Crippen molar-refractivity contribution < 1.29 is 4.74 Å². The first-order valence-electron chi connectivity index (χ1n) is 7.28. The SMILES string of the molecule is CCNC(=NCc1cc(C)cc(OC)c1)NC(C)CC. The predicted octanol–water partition coefficient (Wildman–Crippen LogP) is 2.86. The fourth-order valence-corrected chi connectivity index (χ4v) is 1.86. The quantitative estimate of drug-likeness (QED) is 0.621. The Morgan fingerprint density at radius 1 is 1.30 bits per heavy atom. The zero-order chi connectivity index (χ0) is 15.0. The molecule has 20 heavy (non-hydrogen) atoms. The molecule has 0 spiro atoms. The number of nitrogens with one attached hydrogen (secondary N) is 2. The Bertz CT molecular complexity index is 443. The molecular formula is C16H27N3O. The third kappa shape index (κ3) is 5.51. The van der Waals surface area contributed by atoms with Gasteiger partial charge in [-0.3, -0.25) is 0 Å². The normalized spacial score (nSPS) is 12.9. The summed E-state index contributed by atoms with van der Waals surface area (Å²) in [7, 11) is 1.69. The van der Waals surface area contributed by atoms with Gasteiger partial charge in [-0.05, 0) is 50.5 Å². The highest BCUT2D eigenvalue weighted by Crippen LogP contribution is 2.16. The Hall–Kier alpha value is -1.71. The minimum absolute atomic E-state index is 0.417. The Balaban J connectivity index is 2.77. The van der Waals surface area contributed by atoms with E-state index in [2.05, 4.69) is 49.4 Å². The van der Waals surface area contributed by atoms with E-state index in [1.54, 1.807) is 7.11 Å². The van der Waals surface area contributed by atoms with Gasteiger partial charge in [-0.15, -0.1) is 0 Å². The minimum atomic E-state index is 0.417. The molecule has 1 aromatic rings. The Morgan fingerprint density at radius 2 is 2.05 bits per heavy atom. The maximum atomic E-state index is 5.29. The summed E-state index contributed by atoms with van der Waals surface area (Å²) < 4.78 is 5.29. The number of hydrogen-bond donors (Lipinski definition) is 2. The number of hydrogen-bond acceptors (Lipinski definition) is 2. The van der Waals surface area contributed by atoms with Crippen molar-refractivity contribution in [2.45, 2.75) is 46.7 Å². The molecule has 1 atom stereocenters. The molecule has 0 bridgehead atoms. The van der Waals surface area contributed by atoms with Gasteiger partial charge < -0.3 is 15.4 Å². The molecule has 1 unspecified atom stereocenters. The molecule has 1 rings (SSSR count). The van der Waals surface area contributed by atoms with Crippen LogP contribution in [0.1, 0.15) is 38.3 Å². The third-order valence-corrected chi connectivity index (χ3v) is 3.11. The van der Waals surface area contributed by atoms with Crippen molar-refractivity contribution in [3.05, 3.63) is 29.3 Å². The van der Waals surface area contributed by atoms with E-state index in [0.717, 1.165) is 30.2 Å². The number of rotatable bonds is 6. The van der Waals surface area contributed by atoms with Crippen LogP contribution < -0.4 is 15.4 Å². The van der Waals surface area contributed by atoms with E-state index >= 15 is 0 Å². The molecule has 0 aromatic heterocycles. The average Bonchev–Trinajstić information content (AvgIpc) is 2.44. The van der Waals surface area contributed by atoms with Crippen LogP contribution in [0.3, 0.4) is 0 Å². The molecule has 0 heterocycles. The Labute approximate surface area is 122 Å². The first kappa shape index (κ1) is 16.3. The van der Waals surface area contributed by atoms with Gasteiger partial charge in [-0.1, -0.05) is 13.0 Å². The van der Waals surface area contributed by atoms with Crippen molar-refractivity contribution in [1.82, 2.24) is 10.6 Å². The monoisotopic (exact) mass is 277 g/mol. The van der Waals surface area contributed by atoms with Gasteiger partial charge >= 0.3 is 0 Å². The summed E-state index contributed by atoms with van der Waals surface area (Å²) >= 11 is 0.